The molecule has 6 nitrogen and oxygen atoms in total. The molecule has 1 aliphatic rings. The van der Waals surface area contributed by atoms with Crippen molar-refractivity contribution in [3.63, 3.8) is 0 Å². The van der Waals surface area contributed by atoms with E-state index in [4.69, 9.17) is 5.41 Å². The van der Waals surface area contributed by atoms with Crippen LogP contribution in [0.5, 0.6) is 0 Å². The molecule has 1 heterocycles. The molecule has 26 heavy (non-hydrogen) atoms. The Morgan fingerprint density at radius 2 is 1.62 bits per heavy atom. The second-order valence-corrected chi connectivity index (χ2v) is 7.08. The van der Waals surface area contributed by atoms with Crippen LogP contribution in [0.3, 0.4) is 0 Å². The van der Waals surface area contributed by atoms with Crippen molar-refractivity contribution in [2.45, 2.75) is 53.0 Å². The van der Waals surface area contributed by atoms with E-state index in [1.807, 2.05) is 40.0 Å². The fraction of sp³-hybridized carbons (Fsp3) is 0.722. The summed E-state index contributed by atoms with van der Waals surface area (Å²) in [6, 6.07) is 0. The SMILES string of the molecule is C=CN1CCCC1=O.CC(=N)N(C)C.CC(=NC(C)(C)C)N(C)C.P.[V]. The molecule has 1 aliphatic heterocycles. The molecule has 0 saturated carbocycles. The zero-order valence-electron chi connectivity index (χ0n) is 18.3. The number of carbonyl (C=O) groups is 1. The second-order valence-electron chi connectivity index (χ2n) is 7.08. The van der Waals surface area contributed by atoms with Gasteiger partial charge in [-0.3, -0.25) is 15.2 Å². The van der Waals surface area contributed by atoms with Gasteiger partial charge in [0.2, 0.25) is 5.91 Å². The van der Waals surface area contributed by atoms with Crippen molar-refractivity contribution >= 4 is 27.5 Å². The molecule has 1 amide bonds. The predicted octanol–water partition coefficient (Wildman–Crippen LogP) is 3.12. The molecule has 8 heteroatoms. The van der Waals surface area contributed by atoms with E-state index < -0.39 is 0 Å². The van der Waals surface area contributed by atoms with Crippen LogP contribution in [0.1, 0.15) is 47.5 Å². The van der Waals surface area contributed by atoms with E-state index in [-0.39, 0.29) is 39.9 Å². The standard InChI is InChI=1S/C8H18N2.C6H9NO.C4H10N2.H3P.V/c1-7(10(5)6)9-8(2,3)4;1-2-7-5-3-4-6(7)8;1-4(5)6(2)3;;/h1-6H3;2H,1,3-5H2;5H,1-3H3;1H3;. The van der Waals surface area contributed by atoms with Crippen molar-refractivity contribution in [2.75, 3.05) is 34.7 Å². The summed E-state index contributed by atoms with van der Waals surface area (Å²) in [5.74, 6) is 1.88. The number of amidine groups is 2. The van der Waals surface area contributed by atoms with Gasteiger partial charge in [0.15, 0.2) is 0 Å². The molecule has 1 radical (unpaired) electrons. The van der Waals surface area contributed by atoms with Gasteiger partial charge in [-0.05, 0) is 47.2 Å². The van der Waals surface area contributed by atoms with Crippen LogP contribution in [0, 0.1) is 5.41 Å². The van der Waals surface area contributed by atoms with Crippen LogP contribution >= 0.6 is 9.90 Å². The zero-order valence-corrected chi connectivity index (χ0v) is 21.1. The number of hydrogen-bond acceptors (Lipinski definition) is 3. The Kier molecular flexibility index (Phi) is 20.6. The Hall–Kier alpha value is -0.836. The third-order valence-electron chi connectivity index (χ3n) is 3.15. The fourth-order valence-electron chi connectivity index (χ4n) is 1.45. The number of aliphatic imine (C=N–C) groups is 1. The Morgan fingerprint density at radius 3 is 1.73 bits per heavy atom. The van der Waals surface area contributed by atoms with Crippen molar-refractivity contribution in [2.24, 2.45) is 4.99 Å². The van der Waals surface area contributed by atoms with Gasteiger partial charge in [0.05, 0.1) is 17.2 Å². The quantitative estimate of drug-likeness (QED) is 0.400. The van der Waals surface area contributed by atoms with Gasteiger partial charge >= 0.3 is 0 Å². The number of nitrogens with zero attached hydrogens (tertiary/aromatic N) is 4. The molecule has 0 aromatic heterocycles. The molecule has 0 bridgehead atoms. The largest absolute Gasteiger partial charge is 0.367 e. The minimum Gasteiger partial charge on any atom is -0.367 e. The summed E-state index contributed by atoms with van der Waals surface area (Å²) in [7, 11) is 7.71. The van der Waals surface area contributed by atoms with Gasteiger partial charge in [-0.1, -0.05) is 6.58 Å². The van der Waals surface area contributed by atoms with Crippen molar-refractivity contribution in [1.82, 2.24) is 14.7 Å². The summed E-state index contributed by atoms with van der Waals surface area (Å²) in [6.45, 7) is 14.4. The van der Waals surface area contributed by atoms with E-state index in [2.05, 4.69) is 32.3 Å². The smallest absolute Gasteiger partial charge is 0.226 e. The monoisotopic (exact) mass is 424 g/mol. The molecule has 0 spiro atoms. The summed E-state index contributed by atoms with van der Waals surface area (Å²) in [5, 5.41) is 6.88. The van der Waals surface area contributed by atoms with Gasteiger partial charge in [-0.25, -0.2) is 0 Å². The molecule has 0 aliphatic carbocycles. The summed E-state index contributed by atoms with van der Waals surface area (Å²) < 4.78 is 0. The van der Waals surface area contributed by atoms with Gasteiger partial charge in [0, 0.05) is 59.7 Å². The molecule has 1 atom stereocenters. The topological polar surface area (TPSA) is 63.0 Å². The average Bonchev–Trinajstić information content (AvgIpc) is 2.83. The minimum atomic E-state index is 0. The van der Waals surface area contributed by atoms with Crippen LogP contribution < -0.4 is 0 Å². The number of amides is 1. The summed E-state index contributed by atoms with van der Waals surface area (Å²) in [6.07, 6.45) is 3.28. The normalized spacial score (nSPS) is 13.0. The predicted molar refractivity (Wildman–Crippen MR) is 116 cm³/mol. The Balaban J connectivity index is -0.000000138. The van der Waals surface area contributed by atoms with Crippen molar-refractivity contribution in [1.29, 1.82) is 5.41 Å². The second kappa shape index (κ2) is 16.3. The van der Waals surface area contributed by atoms with Crippen LogP contribution in [-0.2, 0) is 23.4 Å². The molecule has 153 valence electrons. The zero-order chi connectivity index (χ0) is 19.5. The van der Waals surface area contributed by atoms with Gasteiger partial charge in [-0.2, -0.15) is 9.90 Å². The first-order chi connectivity index (χ1) is 10.8. The first-order valence-electron chi connectivity index (χ1n) is 8.20. The molecule has 1 unspecified atom stereocenters. The Labute approximate surface area is 176 Å². The first kappa shape index (κ1) is 32.8. The van der Waals surface area contributed by atoms with E-state index in [1.165, 1.54) is 0 Å². The maximum atomic E-state index is 10.7. The number of hydrogen-bond donors (Lipinski definition) is 1. The third-order valence-corrected chi connectivity index (χ3v) is 3.15. The summed E-state index contributed by atoms with van der Waals surface area (Å²) >= 11 is 0. The van der Waals surface area contributed by atoms with E-state index >= 15 is 0 Å². The van der Waals surface area contributed by atoms with Crippen LogP contribution in [-0.4, -0.2) is 72.6 Å². The average molecular weight is 424 g/mol. The van der Waals surface area contributed by atoms with Gasteiger partial charge in [0.1, 0.15) is 0 Å². The number of nitrogens with one attached hydrogen (secondary N) is 1. The van der Waals surface area contributed by atoms with Crippen molar-refractivity contribution in [3.05, 3.63) is 12.8 Å². The number of rotatable bonds is 1. The molecular weight excluding hydrogens is 384 g/mol. The minimum absolute atomic E-state index is 0. The van der Waals surface area contributed by atoms with Crippen molar-refractivity contribution in [3.8, 4) is 0 Å². The molecule has 1 saturated heterocycles. The molecule has 0 aromatic carbocycles. The molecule has 1 rings (SSSR count). The Bertz CT molecular complexity index is 445. The van der Waals surface area contributed by atoms with Gasteiger partial charge in [0.25, 0.3) is 0 Å². The molecule has 1 N–H and O–H groups in total. The van der Waals surface area contributed by atoms with Crippen LogP contribution in [0.15, 0.2) is 17.8 Å². The maximum absolute atomic E-state index is 10.7. The third kappa shape index (κ3) is 19.5. The van der Waals surface area contributed by atoms with Crippen LogP contribution in [0.2, 0.25) is 0 Å². The van der Waals surface area contributed by atoms with Crippen LogP contribution in [0.25, 0.3) is 0 Å². The van der Waals surface area contributed by atoms with Gasteiger partial charge < -0.3 is 14.7 Å². The molecule has 1 fully saturated rings. The van der Waals surface area contributed by atoms with E-state index in [9.17, 15) is 4.79 Å². The molecule has 0 aromatic rings. The summed E-state index contributed by atoms with van der Waals surface area (Å²) in [4.78, 5) is 20.5. The van der Waals surface area contributed by atoms with Crippen LogP contribution in [0.4, 0.5) is 0 Å². The Morgan fingerprint density at radius 1 is 1.19 bits per heavy atom. The number of carbonyl (C=O) groups excluding carboxylic acids is 1. The first-order valence-corrected chi connectivity index (χ1v) is 8.20. The fourth-order valence-corrected chi connectivity index (χ4v) is 1.45. The molecular formula is C18H40N5OPV. The van der Waals surface area contributed by atoms with E-state index in [0.717, 1.165) is 18.8 Å². The number of likely N-dealkylation sites (tertiary alicyclic amines) is 1. The van der Waals surface area contributed by atoms with Gasteiger partial charge in [-0.15, -0.1) is 0 Å². The van der Waals surface area contributed by atoms with E-state index in [0.29, 0.717) is 12.3 Å². The van der Waals surface area contributed by atoms with Crippen molar-refractivity contribution < 1.29 is 23.4 Å². The maximum Gasteiger partial charge on any atom is 0.226 e. The summed E-state index contributed by atoms with van der Waals surface area (Å²) in [5.41, 5.74) is 0.0500. The van der Waals surface area contributed by atoms with E-state index in [1.54, 1.807) is 22.9 Å².